The molecule has 0 fully saturated rings. The molecule has 0 saturated heterocycles. The molecule has 0 aliphatic rings. The van der Waals surface area contributed by atoms with E-state index in [2.05, 4.69) is 20.0 Å². The number of nitrogens with zero attached hydrogens (tertiary/aromatic N) is 4. The smallest absolute Gasteiger partial charge is 0.323 e. The number of esters is 1. The number of anilines is 1. The minimum atomic E-state index is -1.31. The van der Waals surface area contributed by atoms with Crippen molar-refractivity contribution in [2.75, 3.05) is 12.1 Å². The Kier molecular flexibility index (Phi) is 8.33. The zero-order valence-corrected chi connectivity index (χ0v) is 19.5. The highest BCUT2D eigenvalue weighted by Gasteiger charge is 2.23. The largest absolute Gasteiger partial charge is 0.462 e. The summed E-state index contributed by atoms with van der Waals surface area (Å²) >= 11 is 0. The van der Waals surface area contributed by atoms with Gasteiger partial charge in [0.25, 0.3) is 0 Å². The molecule has 3 N–H and O–H groups in total. The van der Waals surface area contributed by atoms with Crippen LogP contribution in [0.1, 0.15) is 27.7 Å². The van der Waals surface area contributed by atoms with E-state index in [0.717, 1.165) is 0 Å². The summed E-state index contributed by atoms with van der Waals surface area (Å²) in [6, 6.07) is 8.87. The number of carbonyl (C=O) groups is 1. The number of nitrogen functional groups attached to an aromatic ring is 1. The van der Waals surface area contributed by atoms with E-state index in [1.807, 2.05) is 55.7 Å². The van der Waals surface area contributed by atoms with Gasteiger partial charge >= 0.3 is 5.97 Å². The molecule has 1 aromatic carbocycles. The zero-order valence-electron chi connectivity index (χ0n) is 18.6. The van der Waals surface area contributed by atoms with Crippen LogP contribution >= 0.6 is 8.30 Å². The molecule has 0 saturated carbocycles. The molecule has 2 heterocycles. The fourth-order valence-electron chi connectivity index (χ4n) is 2.86. The van der Waals surface area contributed by atoms with E-state index in [1.165, 1.54) is 6.33 Å². The Morgan fingerprint density at radius 1 is 1.16 bits per heavy atom. The van der Waals surface area contributed by atoms with E-state index in [9.17, 15) is 4.79 Å². The first-order valence-electron chi connectivity index (χ1n) is 10.3. The van der Waals surface area contributed by atoms with E-state index in [4.69, 9.17) is 19.7 Å². The lowest BCUT2D eigenvalue weighted by molar-refractivity contribution is -0.148. The summed E-state index contributed by atoms with van der Waals surface area (Å²) in [6.45, 7) is 7.85. The number of ether oxygens (including phenoxy) is 2. The molecule has 0 aliphatic heterocycles. The average molecular weight is 460 g/mol. The van der Waals surface area contributed by atoms with Crippen molar-refractivity contribution in [2.24, 2.45) is 0 Å². The number of fused-ring (bicyclic) bond motifs is 1. The summed E-state index contributed by atoms with van der Waals surface area (Å²) < 4.78 is 19.3. The van der Waals surface area contributed by atoms with E-state index in [1.54, 1.807) is 13.3 Å². The van der Waals surface area contributed by atoms with Crippen LogP contribution in [0.5, 0.6) is 5.75 Å². The zero-order chi connectivity index (χ0) is 23.1. The minimum Gasteiger partial charge on any atom is -0.462 e. The number of carbonyl (C=O) groups excluding carboxylic acids is 1. The molecule has 172 valence electrons. The van der Waals surface area contributed by atoms with Crippen molar-refractivity contribution in [3.8, 4) is 5.75 Å². The van der Waals surface area contributed by atoms with Crippen LogP contribution in [0, 0.1) is 0 Å². The lowest BCUT2D eigenvalue weighted by Crippen LogP contribution is -2.35. The van der Waals surface area contributed by atoms with Gasteiger partial charge in [-0.05, 0) is 39.8 Å². The molecule has 3 rings (SSSR count). The number of imidazole rings is 1. The molecule has 0 radical (unpaired) electrons. The van der Waals surface area contributed by atoms with E-state index < -0.39 is 14.3 Å². The number of hydrogen-bond acceptors (Lipinski definition) is 9. The Morgan fingerprint density at radius 2 is 1.91 bits per heavy atom. The van der Waals surface area contributed by atoms with E-state index in [-0.39, 0.29) is 24.5 Å². The molecule has 2 aromatic heterocycles. The molecule has 32 heavy (non-hydrogen) atoms. The van der Waals surface area contributed by atoms with Crippen LogP contribution in [0.25, 0.3) is 11.2 Å². The van der Waals surface area contributed by atoms with Crippen molar-refractivity contribution in [1.29, 1.82) is 0 Å². The average Bonchev–Trinajstić information content (AvgIpc) is 3.16. The Hall–Kier alpha value is -2.81. The third-order valence-electron chi connectivity index (χ3n) is 4.36. The quantitative estimate of drug-likeness (QED) is 0.328. The Morgan fingerprint density at radius 3 is 2.62 bits per heavy atom. The summed E-state index contributed by atoms with van der Waals surface area (Å²) in [5.74, 6) is 0.701. The van der Waals surface area contributed by atoms with Crippen molar-refractivity contribution in [2.45, 2.75) is 52.5 Å². The topological polar surface area (TPSA) is 126 Å². The molecule has 2 unspecified atom stereocenters. The molecule has 0 aliphatic carbocycles. The maximum Gasteiger partial charge on any atom is 0.323 e. The predicted octanol–water partition coefficient (Wildman–Crippen LogP) is 3.09. The van der Waals surface area contributed by atoms with Crippen LogP contribution in [-0.4, -0.2) is 50.1 Å². The maximum absolute atomic E-state index is 12.2. The van der Waals surface area contributed by atoms with Gasteiger partial charge in [-0.25, -0.2) is 20.0 Å². The van der Waals surface area contributed by atoms with Crippen molar-refractivity contribution >= 4 is 31.3 Å². The normalized spacial score (nSPS) is 14.3. The van der Waals surface area contributed by atoms with Gasteiger partial charge in [-0.2, -0.15) is 0 Å². The lowest BCUT2D eigenvalue weighted by atomic mass is 10.3. The number of nitrogens with two attached hydrogens (primary N) is 1. The molecule has 3 aromatic rings. The van der Waals surface area contributed by atoms with Crippen LogP contribution in [0.15, 0.2) is 43.0 Å². The monoisotopic (exact) mass is 460 g/mol. The first-order valence-corrected chi connectivity index (χ1v) is 11.8. The maximum atomic E-state index is 12.2. The Balaban J connectivity index is 1.62. The summed E-state index contributed by atoms with van der Waals surface area (Å²) in [5, 5.41) is 3.21. The summed E-state index contributed by atoms with van der Waals surface area (Å²) in [7, 11) is -1.31. The fraction of sp³-hybridized carbons (Fsp3) is 0.429. The van der Waals surface area contributed by atoms with Crippen molar-refractivity contribution < 1.29 is 18.8 Å². The third kappa shape index (κ3) is 6.59. The minimum absolute atomic E-state index is 0.173. The molecule has 0 bridgehead atoms. The highest BCUT2D eigenvalue weighted by Crippen LogP contribution is 2.35. The second-order valence-electron chi connectivity index (χ2n) is 7.55. The van der Waals surface area contributed by atoms with Gasteiger partial charge in [0.2, 0.25) is 0 Å². The molecule has 0 spiro atoms. The number of nitrogens with one attached hydrogen (secondary N) is 1. The van der Waals surface area contributed by atoms with Gasteiger partial charge in [0, 0.05) is 0 Å². The highest BCUT2D eigenvalue weighted by molar-refractivity contribution is 7.50. The highest BCUT2D eigenvalue weighted by atomic mass is 31.2. The standard InChI is InChI=1S/C21H29N6O4P/c1-14(2)30-21(28)16(4)26-32(31-17-8-6-5-7-9-17)13-29-15(3)10-27-12-25-18-19(22)23-11-24-20(18)27/h5-9,11-12,14-16,26H,10,13H2,1-4H3,(H2,22,23,24)/t15?,16-,32?/m0/s1. The van der Waals surface area contributed by atoms with Gasteiger partial charge in [-0.15, -0.1) is 0 Å². The predicted molar refractivity (Wildman–Crippen MR) is 123 cm³/mol. The number of hydrogen-bond donors (Lipinski definition) is 2. The van der Waals surface area contributed by atoms with E-state index in [0.29, 0.717) is 29.3 Å². The van der Waals surface area contributed by atoms with Gasteiger partial charge in [0.1, 0.15) is 30.0 Å². The molecular weight excluding hydrogens is 431 g/mol. The van der Waals surface area contributed by atoms with Gasteiger partial charge in [-0.1, -0.05) is 18.2 Å². The summed E-state index contributed by atoms with van der Waals surface area (Å²) in [6.07, 6.45) is 2.99. The van der Waals surface area contributed by atoms with Crippen LogP contribution in [-0.2, 0) is 20.8 Å². The van der Waals surface area contributed by atoms with Gasteiger partial charge in [0.15, 0.2) is 19.8 Å². The fourth-order valence-corrected chi connectivity index (χ4v) is 4.34. The summed E-state index contributed by atoms with van der Waals surface area (Å²) in [5.41, 5.74) is 7.07. The van der Waals surface area contributed by atoms with Crippen LogP contribution in [0.3, 0.4) is 0 Å². The molecule has 3 atom stereocenters. The molecule has 11 heteroatoms. The van der Waals surface area contributed by atoms with Crippen LogP contribution in [0.4, 0.5) is 5.82 Å². The second kappa shape index (κ2) is 11.2. The van der Waals surface area contributed by atoms with Crippen LogP contribution in [0.2, 0.25) is 0 Å². The van der Waals surface area contributed by atoms with Gasteiger partial charge in [0.05, 0.1) is 25.1 Å². The SMILES string of the molecule is CC(C)OC(=O)[C@H](C)NP(COC(C)Cn1cnc2c(N)ncnc21)Oc1ccccc1. The number of benzene rings is 1. The van der Waals surface area contributed by atoms with Crippen molar-refractivity contribution in [3.63, 3.8) is 0 Å². The number of rotatable bonds is 11. The Bertz CT molecular complexity index is 1020. The van der Waals surface area contributed by atoms with E-state index >= 15 is 0 Å². The van der Waals surface area contributed by atoms with Crippen LogP contribution < -0.4 is 15.3 Å². The first-order chi connectivity index (χ1) is 15.3. The molecular formula is C21H29N6O4P. The molecule has 10 nitrogen and oxygen atoms in total. The molecule has 0 amide bonds. The van der Waals surface area contributed by atoms with Gasteiger partial charge in [-0.3, -0.25) is 4.79 Å². The van der Waals surface area contributed by atoms with Gasteiger partial charge < -0.3 is 24.3 Å². The van der Waals surface area contributed by atoms with Crippen molar-refractivity contribution in [1.82, 2.24) is 24.6 Å². The number of para-hydroxylation sites is 1. The first kappa shape index (κ1) is 23.8. The third-order valence-corrected chi connectivity index (χ3v) is 5.85. The van der Waals surface area contributed by atoms with Crippen molar-refractivity contribution in [3.05, 3.63) is 43.0 Å². The number of aromatic nitrogens is 4. The summed E-state index contributed by atoms with van der Waals surface area (Å²) in [4.78, 5) is 24.7. The Labute approximate surface area is 188 Å². The lowest BCUT2D eigenvalue weighted by Gasteiger charge is -2.24. The second-order valence-corrected chi connectivity index (χ2v) is 9.01.